The van der Waals surface area contributed by atoms with Crippen molar-refractivity contribution in [1.29, 1.82) is 0 Å². The molecule has 39 heavy (non-hydrogen) atoms. The van der Waals surface area contributed by atoms with Gasteiger partial charge in [-0.1, -0.05) is 0 Å². The monoisotopic (exact) mass is 540 g/mol. The third-order valence-electron chi connectivity index (χ3n) is 5.70. The first kappa shape index (κ1) is 25.5. The van der Waals surface area contributed by atoms with Crippen LogP contribution in [0, 0.1) is 34.9 Å². The van der Waals surface area contributed by atoms with Crippen LogP contribution in [0.2, 0.25) is 0 Å². The van der Waals surface area contributed by atoms with E-state index in [4.69, 9.17) is 0 Å². The number of aromatic nitrogens is 2. The van der Waals surface area contributed by atoms with E-state index in [0.29, 0.717) is 33.7 Å². The van der Waals surface area contributed by atoms with Crippen LogP contribution in [-0.2, 0) is 0 Å². The van der Waals surface area contributed by atoms with Crippen molar-refractivity contribution in [2.45, 2.75) is 0 Å². The van der Waals surface area contributed by atoms with Gasteiger partial charge in [0.25, 0.3) is 11.8 Å². The van der Waals surface area contributed by atoms with Crippen LogP contribution < -0.4 is 10.6 Å². The number of nitrogens with zero attached hydrogens (tertiary/aromatic N) is 1. The lowest BCUT2D eigenvalue weighted by atomic mass is 10.1. The summed E-state index contributed by atoms with van der Waals surface area (Å²) in [4.78, 5) is 32.3. The van der Waals surface area contributed by atoms with Crippen LogP contribution in [0.4, 0.5) is 37.7 Å². The average Bonchev–Trinajstić information content (AvgIpc) is 3.36. The smallest absolute Gasteiger partial charge is 0.261 e. The summed E-state index contributed by atoms with van der Waals surface area (Å²) in [5.41, 5.74) is 0.730. The van der Waals surface area contributed by atoms with Gasteiger partial charge >= 0.3 is 0 Å². The number of carbonyl (C=O) groups excluding carboxylic acids is 2. The number of benzene rings is 4. The molecule has 0 aliphatic heterocycles. The summed E-state index contributed by atoms with van der Waals surface area (Å²) in [7, 11) is 0. The summed E-state index contributed by atoms with van der Waals surface area (Å²) in [6, 6.07) is 15.7. The van der Waals surface area contributed by atoms with Crippen LogP contribution in [0.25, 0.3) is 22.4 Å². The number of hydrogen-bond acceptors (Lipinski definition) is 3. The topological polar surface area (TPSA) is 86.9 Å². The molecule has 196 valence electrons. The molecule has 0 aliphatic carbocycles. The van der Waals surface area contributed by atoms with Crippen molar-refractivity contribution >= 4 is 34.2 Å². The van der Waals surface area contributed by atoms with E-state index in [9.17, 15) is 35.9 Å². The molecule has 6 nitrogen and oxygen atoms in total. The van der Waals surface area contributed by atoms with Crippen molar-refractivity contribution in [1.82, 2.24) is 9.97 Å². The number of halogens is 6. The molecular formula is C27H14F6N4O2. The third-order valence-corrected chi connectivity index (χ3v) is 5.70. The molecular weight excluding hydrogens is 526 g/mol. The Hall–Kier alpha value is -5.13. The molecule has 0 unspecified atom stereocenters. The molecule has 0 spiro atoms. The van der Waals surface area contributed by atoms with Crippen molar-refractivity contribution < 1.29 is 35.9 Å². The van der Waals surface area contributed by atoms with Gasteiger partial charge in [0.05, 0.1) is 11.0 Å². The highest BCUT2D eigenvalue weighted by Gasteiger charge is 2.29. The Morgan fingerprint density at radius 3 is 1.79 bits per heavy atom. The van der Waals surface area contributed by atoms with Crippen molar-refractivity contribution in [3.05, 3.63) is 113 Å². The number of hydrogen-bond donors (Lipinski definition) is 3. The number of rotatable bonds is 5. The Labute approximate surface area is 215 Å². The molecule has 0 saturated carbocycles. The van der Waals surface area contributed by atoms with E-state index >= 15 is 0 Å². The predicted octanol–water partition coefficient (Wildman–Crippen LogP) is 6.57. The van der Waals surface area contributed by atoms with Gasteiger partial charge in [-0.15, -0.1) is 0 Å². The number of aromatic amines is 1. The summed E-state index contributed by atoms with van der Waals surface area (Å²) >= 11 is 0. The van der Waals surface area contributed by atoms with Gasteiger partial charge in [0.15, 0.2) is 23.3 Å². The largest absolute Gasteiger partial charge is 0.338 e. The molecule has 4 aromatic carbocycles. The van der Waals surface area contributed by atoms with Crippen molar-refractivity contribution in [3.63, 3.8) is 0 Å². The molecule has 2 amide bonds. The molecule has 0 atom stereocenters. The normalized spacial score (nSPS) is 11.0. The lowest BCUT2D eigenvalue weighted by Crippen LogP contribution is -2.19. The van der Waals surface area contributed by atoms with Crippen LogP contribution in [0.1, 0.15) is 20.7 Å². The van der Waals surface area contributed by atoms with Crippen molar-refractivity contribution in [3.8, 4) is 11.4 Å². The summed E-state index contributed by atoms with van der Waals surface area (Å²) in [5.74, 6) is -13.3. The molecule has 0 bridgehead atoms. The van der Waals surface area contributed by atoms with Crippen molar-refractivity contribution in [2.24, 2.45) is 0 Å². The van der Waals surface area contributed by atoms with Crippen LogP contribution in [0.15, 0.2) is 66.7 Å². The Bertz CT molecular complexity index is 1720. The lowest BCUT2D eigenvalue weighted by molar-refractivity contribution is 0.101. The summed E-state index contributed by atoms with van der Waals surface area (Å²) < 4.78 is 81.0. The van der Waals surface area contributed by atoms with Gasteiger partial charge < -0.3 is 15.6 Å². The van der Waals surface area contributed by atoms with E-state index in [0.717, 1.165) is 0 Å². The first-order chi connectivity index (χ1) is 18.6. The molecule has 0 radical (unpaired) electrons. The zero-order chi connectivity index (χ0) is 27.8. The maximum absolute atomic E-state index is 13.9. The lowest BCUT2D eigenvalue weighted by Gasteiger charge is -2.09. The Kier molecular flexibility index (Phi) is 6.52. The average molecular weight is 540 g/mol. The fraction of sp³-hybridized carbons (Fsp3) is 0. The van der Waals surface area contributed by atoms with E-state index in [2.05, 4.69) is 20.6 Å². The highest BCUT2D eigenvalue weighted by Crippen LogP contribution is 2.26. The number of imidazole rings is 1. The Balaban J connectivity index is 1.33. The van der Waals surface area contributed by atoms with Crippen molar-refractivity contribution in [2.75, 3.05) is 10.6 Å². The van der Waals surface area contributed by atoms with Crippen LogP contribution in [0.3, 0.4) is 0 Å². The number of H-pyrrole nitrogens is 1. The minimum Gasteiger partial charge on any atom is -0.338 e. The quantitative estimate of drug-likeness (QED) is 0.134. The minimum absolute atomic E-state index is 0.0172. The minimum atomic E-state index is -2.36. The highest BCUT2D eigenvalue weighted by molar-refractivity contribution is 6.06. The summed E-state index contributed by atoms with van der Waals surface area (Å²) in [5, 5.41) is 4.75. The van der Waals surface area contributed by atoms with E-state index in [1.807, 2.05) is 0 Å². The van der Waals surface area contributed by atoms with E-state index < -0.39 is 52.3 Å². The van der Waals surface area contributed by atoms with Crippen LogP contribution in [-0.4, -0.2) is 21.8 Å². The maximum atomic E-state index is 13.9. The van der Waals surface area contributed by atoms with E-state index in [-0.39, 0.29) is 5.69 Å². The molecule has 5 rings (SSSR count). The molecule has 0 fully saturated rings. The second-order valence-corrected chi connectivity index (χ2v) is 8.25. The van der Waals surface area contributed by atoms with Gasteiger partial charge in [-0.05, 0) is 66.7 Å². The fourth-order valence-electron chi connectivity index (χ4n) is 3.73. The second kappa shape index (κ2) is 9.97. The van der Waals surface area contributed by atoms with Gasteiger partial charge in [0.1, 0.15) is 17.2 Å². The van der Waals surface area contributed by atoms with E-state index in [1.54, 1.807) is 18.2 Å². The molecule has 0 aliphatic rings. The van der Waals surface area contributed by atoms with Gasteiger partial charge in [0.2, 0.25) is 5.82 Å². The fourth-order valence-corrected chi connectivity index (χ4v) is 3.73. The van der Waals surface area contributed by atoms with Gasteiger partial charge in [-0.3, -0.25) is 9.59 Å². The van der Waals surface area contributed by atoms with Gasteiger partial charge in [-0.25, -0.2) is 31.3 Å². The summed E-state index contributed by atoms with van der Waals surface area (Å²) in [6.07, 6.45) is 0. The standard InChI is InChI=1S/C27H14F6N4O2/c28-14-4-8-16(9-5-14)34-26(38)13-3-10-17-18(11-13)37-25(36-17)12-1-6-15(7-2-12)35-27(39)19-20(29)22(31)24(33)23(32)21(19)30/h1-11H,(H,34,38)(H,35,39)(H,36,37). The molecule has 1 heterocycles. The molecule has 5 aromatic rings. The van der Waals surface area contributed by atoms with Gasteiger partial charge in [-0.2, -0.15) is 0 Å². The number of carbonyl (C=O) groups is 2. The Morgan fingerprint density at radius 2 is 1.18 bits per heavy atom. The molecule has 1 aromatic heterocycles. The molecule has 3 N–H and O–H groups in total. The third kappa shape index (κ3) is 4.91. The first-order valence-corrected chi connectivity index (χ1v) is 11.1. The maximum Gasteiger partial charge on any atom is 0.261 e. The molecule has 12 heteroatoms. The number of fused-ring (bicyclic) bond motifs is 1. The van der Waals surface area contributed by atoms with Gasteiger partial charge in [0, 0.05) is 22.5 Å². The molecule has 0 saturated heterocycles. The van der Waals surface area contributed by atoms with Crippen LogP contribution >= 0.6 is 0 Å². The Morgan fingerprint density at radius 1 is 0.641 bits per heavy atom. The highest BCUT2D eigenvalue weighted by atomic mass is 19.2. The number of amides is 2. The number of nitrogens with one attached hydrogen (secondary N) is 3. The zero-order valence-corrected chi connectivity index (χ0v) is 19.4. The zero-order valence-electron chi connectivity index (χ0n) is 19.4. The second-order valence-electron chi connectivity index (χ2n) is 8.25. The first-order valence-electron chi connectivity index (χ1n) is 11.1. The van der Waals surface area contributed by atoms with Crippen LogP contribution in [0.5, 0.6) is 0 Å². The number of anilines is 2. The summed E-state index contributed by atoms with van der Waals surface area (Å²) in [6.45, 7) is 0. The predicted molar refractivity (Wildman–Crippen MR) is 130 cm³/mol. The van der Waals surface area contributed by atoms with E-state index in [1.165, 1.54) is 48.5 Å². The SMILES string of the molecule is O=C(Nc1ccc(F)cc1)c1ccc2nc(-c3ccc(NC(=O)c4c(F)c(F)c(F)c(F)c4F)cc3)[nH]c2c1.